The van der Waals surface area contributed by atoms with Crippen molar-refractivity contribution in [1.82, 2.24) is 5.32 Å². The number of rotatable bonds is 6. The van der Waals surface area contributed by atoms with Crippen LogP contribution >= 0.6 is 0 Å². The largest absolute Gasteiger partial charge is 0.314 e. The van der Waals surface area contributed by atoms with Gasteiger partial charge >= 0.3 is 0 Å². The molecule has 0 amide bonds. The Balaban J connectivity index is 2.24. The van der Waals surface area contributed by atoms with Crippen LogP contribution in [-0.4, -0.2) is 32.5 Å². The van der Waals surface area contributed by atoms with Crippen molar-refractivity contribution in [2.24, 2.45) is 5.92 Å². The Morgan fingerprint density at radius 2 is 2.00 bits per heavy atom. The maximum atomic E-state index is 11.7. The predicted octanol–water partition coefficient (Wildman–Crippen LogP) is 1.98. The lowest BCUT2D eigenvalue weighted by molar-refractivity contribution is 0.392. The molecule has 0 radical (unpaired) electrons. The van der Waals surface area contributed by atoms with Crippen LogP contribution in [-0.2, 0) is 9.84 Å². The maximum Gasteiger partial charge on any atom is 0.150 e. The van der Waals surface area contributed by atoms with Gasteiger partial charge in [-0.25, -0.2) is 8.42 Å². The third-order valence-electron chi connectivity index (χ3n) is 3.20. The second kappa shape index (κ2) is 6.60. The number of sulfone groups is 1. The Labute approximate surface area is 99.9 Å². The molecule has 4 heteroatoms. The number of hydrogen-bond acceptors (Lipinski definition) is 3. The molecule has 1 unspecified atom stereocenters. The highest BCUT2D eigenvalue weighted by Gasteiger charge is 2.17. The van der Waals surface area contributed by atoms with Gasteiger partial charge in [-0.3, -0.25) is 0 Å². The molecule has 1 fully saturated rings. The molecule has 1 saturated heterocycles. The predicted molar refractivity (Wildman–Crippen MR) is 68.4 cm³/mol. The summed E-state index contributed by atoms with van der Waals surface area (Å²) in [7, 11) is -2.82. The smallest absolute Gasteiger partial charge is 0.150 e. The van der Waals surface area contributed by atoms with E-state index in [2.05, 4.69) is 19.2 Å². The zero-order valence-corrected chi connectivity index (χ0v) is 11.4. The summed E-state index contributed by atoms with van der Waals surface area (Å²) in [5.74, 6) is 1.19. The molecular weight excluding hydrogens is 222 g/mol. The average molecular weight is 247 g/mol. The molecular formula is C12H25NO2S. The van der Waals surface area contributed by atoms with E-state index in [9.17, 15) is 8.42 Å². The SMILES string of the molecule is CC(C)CCS(=O)(=O)CCC1CCCCN1. The highest BCUT2D eigenvalue weighted by molar-refractivity contribution is 7.91. The van der Waals surface area contributed by atoms with Crippen molar-refractivity contribution < 1.29 is 8.42 Å². The van der Waals surface area contributed by atoms with Gasteiger partial charge in [-0.1, -0.05) is 20.3 Å². The van der Waals surface area contributed by atoms with Gasteiger partial charge in [0.05, 0.1) is 11.5 Å². The van der Waals surface area contributed by atoms with Crippen LogP contribution in [0.25, 0.3) is 0 Å². The molecule has 0 aromatic heterocycles. The summed E-state index contributed by atoms with van der Waals surface area (Å²) >= 11 is 0. The zero-order chi connectivity index (χ0) is 12.0. The summed E-state index contributed by atoms with van der Waals surface area (Å²) in [5.41, 5.74) is 0. The second-order valence-corrected chi connectivity index (χ2v) is 7.57. The van der Waals surface area contributed by atoms with Crippen LogP contribution in [0.4, 0.5) is 0 Å². The van der Waals surface area contributed by atoms with E-state index in [1.807, 2.05) is 0 Å². The molecule has 1 aliphatic rings. The van der Waals surface area contributed by atoms with Crippen LogP contribution in [0.1, 0.15) is 46.0 Å². The number of nitrogens with one attached hydrogen (secondary N) is 1. The van der Waals surface area contributed by atoms with E-state index >= 15 is 0 Å². The van der Waals surface area contributed by atoms with Crippen LogP contribution in [0.5, 0.6) is 0 Å². The zero-order valence-electron chi connectivity index (χ0n) is 10.5. The molecule has 16 heavy (non-hydrogen) atoms. The van der Waals surface area contributed by atoms with Crippen LogP contribution in [0.3, 0.4) is 0 Å². The first-order chi connectivity index (χ1) is 7.49. The lowest BCUT2D eigenvalue weighted by Gasteiger charge is -2.23. The molecule has 96 valence electrons. The molecule has 0 aromatic rings. The molecule has 3 nitrogen and oxygen atoms in total. The maximum absolute atomic E-state index is 11.7. The highest BCUT2D eigenvalue weighted by atomic mass is 32.2. The lowest BCUT2D eigenvalue weighted by Crippen LogP contribution is -2.35. The minimum atomic E-state index is -2.82. The van der Waals surface area contributed by atoms with E-state index in [-0.39, 0.29) is 0 Å². The van der Waals surface area contributed by atoms with Crippen molar-refractivity contribution in [2.75, 3.05) is 18.1 Å². The van der Waals surface area contributed by atoms with Crippen LogP contribution < -0.4 is 5.32 Å². The molecule has 1 rings (SSSR count). The van der Waals surface area contributed by atoms with Gasteiger partial charge in [0.15, 0.2) is 0 Å². The Kier molecular flexibility index (Phi) is 5.76. The van der Waals surface area contributed by atoms with Gasteiger partial charge in [0.25, 0.3) is 0 Å². The minimum Gasteiger partial charge on any atom is -0.314 e. The molecule has 1 N–H and O–H groups in total. The summed E-state index contributed by atoms with van der Waals surface area (Å²) in [6.07, 6.45) is 5.20. The van der Waals surface area contributed by atoms with E-state index in [0.29, 0.717) is 23.5 Å². The fourth-order valence-electron chi connectivity index (χ4n) is 2.01. The molecule has 0 bridgehead atoms. The molecule has 1 aliphatic heterocycles. The highest BCUT2D eigenvalue weighted by Crippen LogP contribution is 2.12. The van der Waals surface area contributed by atoms with E-state index in [0.717, 1.165) is 25.8 Å². The third kappa shape index (κ3) is 5.85. The minimum absolute atomic E-state index is 0.359. The van der Waals surface area contributed by atoms with Crippen LogP contribution in [0.15, 0.2) is 0 Å². The van der Waals surface area contributed by atoms with Gasteiger partial charge in [-0.15, -0.1) is 0 Å². The van der Waals surface area contributed by atoms with E-state index in [4.69, 9.17) is 0 Å². The summed E-state index contributed by atoms with van der Waals surface area (Å²) in [6.45, 7) is 5.19. The first kappa shape index (κ1) is 14.0. The Morgan fingerprint density at radius 1 is 1.25 bits per heavy atom. The fraction of sp³-hybridized carbons (Fsp3) is 1.00. The van der Waals surface area contributed by atoms with Crippen molar-refractivity contribution in [3.8, 4) is 0 Å². The van der Waals surface area contributed by atoms with Crippen molar-refractivity contribution in [2.45, 2.75) is 52.0 Å². The summed E-state index contributed by atoms with van der Waals surface area (Å²) in [4.78, 5) is 0. The Bertz CT molecular complexity index is 279. The third-order valence-corrected chi connectivity index (χ3v) is 4.91. The van der Waals surface area contributed by atoms with E-state index in [1.54, 1.807) is 0 Å². The number of piperidine rings is 1. The quantitative estimate of drug-likeness (QED) is 0.780. The van der Waals surface area contributed by atoms with E-state index < -0.39 is 9.84 Å². The van der Waals surface area contributed by atoms with Crippen molar-refractivity contribution in [3.63, 3.8) is 0 Å². The Hall–Kier alpha value is -0.0900. The van der Waals surface area contributed by atoms with Gasteiger partial charge < -0.3 is 5.32 Å². The monoisotopic (exact) mass is 247 g/mol. The molecule has 1 heterocycles. The summed E-state index contributed by atoms with van der Waals surface area (Å²) in [6, 6.07) is 0.433. The topological polar surface area (TPSA) is 46.2 Å². The van der Waals surface area contributed by atoms with Gasteiger partial charge in [0.1, 0.15) is 9.84 Å². The van der Waals surface area contributed by atoms with Gasteiger partial charge in [-0.05, 0) is 38.1 Å². The lowest BCUT2D eigenvalue weighted by atomic mass is 10.0. The standard InChI is InChI=1S/C12H25NO2S/c1-11(2)6-9-16(14,15)10-7-12-5-3-4-8-13-12/h11-13H,3-10H2,1-2H3. The van der Waals surface area contributed by atoms with Crippen molar-refractivity contribution in [3.05, 3.63) is 0 Å². The van der Waals surface area contributed by atoms with Crippen LogP contribution in [0.2, 0.25) is 0 Å². The fourth-order valence-corrected chi connectivity index (χ4v) is 3.69. The average Bonchev–Trinajstić information content (AvgIpc) is 2.26. The molecule has 0 aromatic carbocycles. The van der Waals surface area contributed by atoms with Gasteiger partial charge in [-0.2, -0.15) is 0 Å². The summed E-state index contributed by atoms with van der Waals surface area (Å²) in [5, 5.41) is 3.39. The number of hydrogen-bond donors (Lipinski definition) is 1. The van der Waals surface area contributed by atoms with Crippen LogP contribution in [0, 0.1) is 5.92 Å². The first-order valence-corrected chi connectivity index (χ1v) is 8.25. The molecule has 0 saturated carbocycles. The first-order valence-electron chi connectivity index (χ1n) is 6.43. The van der Waals surface area contributed by atoms with Crippen molar-refractivity contribution >= 4 is 9.84 Å². The molecule has 0 aliphatic carbocycles. The molecule has 0 spiro atoms. The van der Waals surface area contributed by atoms with Gasteiger partial charge in [0, 0.05) is 6.04 Å². The van der Waals surface area contributed by atoms with Gasteiger partial charge in [0.2, 0.25) is 0 Å². The summed E-state index contributed by atoms with van der Waals surface area (Å²) < 4.78 is 23.5. The normalized spacial score (nSPS) is 22.6. The second-order valence-electron chi connectivity index (χ2n) is 5.27. The van der Waals surface area contributed by atoms with Crippen molar-refractivity contribution in [1.29, 1.82) is 0 Å². The Morgan fingerprint density at radius 3 is 2.56 bits per heavy atom. The molecule has 1 atom stereocenters. The van der Waals surface area contributed by atoms with E-state index in [1.165, 1.54) is 12.8 Å².